The smallest absolute Gasteiger partial charge is 0.235 e. The summed E-state index contributed by atoms with van der Waals surface area (Å²) in [7, 11) is -3.26. The van der Waals surface area contributed by atoms with E-state index >= 15 is 0 Å². The molecule has 5 nitrogen and oxygen atoms in total. The zero-order valence-electron chi connectivity index (χ0n) is 7.07. The van der Waals surface area contributed by atoms with Gasteiger partial charge in [-0.1, -0.05) is 0 Å². The largest absolute Gasteiger partial charge is 0.392 e. The van der Waals surface area contributed by atoms with Gasteiger partial charge < -0.3 is 10.4 Å². The summed E-state index contributed by atoms with van der Waals surface area (Å²) in [4.78, 5) is 10.8. The fraction of sp³-hybridized carbons (Fsp3) is 0.833. The highest BCUT2D eigenvalue weighted by atomic mass is 32.2. The molecule has 0 radical (unpaired) electrons. The van der Waals surface area contributed by atoms with Gasteiger partial charge in [-0.15, -0.1) is 0 Å². The van der Waals surface area contributed by atoms with Gasteiger partial charge in [0.25, 0.3) is 0 Å². The molecule has 1 amide bonds. The quantitative estimate of drug-likeness (QED) is 0.573. The van der Waals surface area contributed by atoms with Crippen LogP contribution in [0.3, 0.4) is 0 Å². The second-order valence-corrected chi connectivity index (χ2v) is 4.86. The van der Waals surface area contributed by atoms with Gasteiger partial charge >= 0.3 is 0 Å². The molecule has 0 aromatic carbocycles. The predicted molar refractivity (Wildman–Crippen MR) is 44.4 cm³/mol. The lowest BCUT2D eigenvalue weighted by molar-refractivity contribution is -0.119. The summed E-state index contributed by atoms with van der Waals surface area (Å²) in [5, 5.41) is 11.0. The Bertz CT molecular complexity index is 244. The number of carbonyl (C=O) groups is 1. The number of nitrogens with one attached hydrogen (secondary N) is 1. The van der Waals surface area contributed by atoms with Gasteiger partial charge in [-0.3, -0.25) is 4.79 Å². The molecule has 0 heterocycles. The normalized spacial score (nSPS) is 13.9. The van der Waals surface area contributed by atoms with Crippen LogP contribution < -0.4 is 5.32 Å². The number of amides is 1. The second kappa shape index (κ2) is 4.42. The molecule has 0 aliphatic heterocycles. The molecule has 6 heteroatoms. The maximum atomic E-state index is 10.8. The number of hydrogen-bond donors (Lipinski definition) is 2. The van der Waals surface area contributed by atoms with Crippen molar-refractivity contribution >= 4 is 15.7 Å². The molecular formula is C6H13NO4S. The molecule has 0 fully saturated rings. The van der Waals surface area contributed by atoms with Gasteiger partial charge in [0, 0.05) is 12.8 Å². The van der Waals surface area contributed by atoms with Crippen LogP contribution >= 0.6 is 0 Å². The standard InChI is InChI=1S/C6H13NO4S/c1-5(8)3-7-6(9)4-12(2,10)11/h5,8H,3-4H2,1-2H3,(H,7,9)/t5-/m1/s1. The van der Waals surface area contributed by atoms with Gasteiger partial charge in [-0.25, -0.2) is 8.42 Å². The Morgan fingerprint density at radius 3 is 2.42 bits per heavy atom. The van der Waals surface area contributed by atoms with E-state index in [1.807, 2.05) is 0 Å². The van der Waals surface area contributed by atoms with E-state index in [0.717, 1.165) is 6.26 Å². The third kappa shape index (κ3) is 7.49. The first-order valence-corrected chi connectivity index (χ1v) is 5.50. The van der Waals surface area contributed by atoms with Crippen LogP contribution in [0, 0.1) is 0 Å². The van der Waals surface area contributed by atoms with Gasteiger partial charge in [0.15, 0.2) is 9.84 Å². The molecule has 1 atom stereocenters. The first-order chi connectivity index (χ1) is 5.31. The van der Waals surface area contributed by atoms with Crippen LogP contribution in [0.1, 0.15) is 6.92 Å². The summed E-state index contributed by atoms with van der Waals surface area (Å²) in [5.41, 5.74) is 0. The minimum atomic E-state index is -3.26. The molecule has 0 rings (SSSR count). The van der Waals surface area contributed by atoms with E-state index < -0.39 is 27.6 Å². The summed E-state index contributed by atoms with van der Waals surface area (Å²) in [6.45, 7) is 1.58. The Kier molecular flexibility index (Phi) is 4.19. The van der Waals surface area contributed by atoms with E-state index in [9.17, 15) is 13.2 Å². The maximum absolute atomic E-state index is 10.8. The highest BCUT2D eigenvalue weighted by Crippen LogP contribution is 1.82. The molecule has 0 bridgehead atoms. The Morgan fingerprint density at radius 1 is 1.58 bits per heavy atom. The number of rotatable bonds is 4. The van der Waals surface area contributed by atoms with E-state index in [0.29, 0.717) is 0 Å². The Morgan fingerprint density at radius 2 is 2.08 bits per heavy atom. The number of sulfone groups is 1. The summed E-state index contributed by atoms with van der Waals surface area (Å²) in [5.74, 6) is -1.11. The fourth-order valence-corrected chi connectivity index (χ4v) is 1.13. The lowest BCUT2D eigenvalue weighted by atomic mass is 10.4. The SMILES string of the molecule is C[C@@H](O)CNC(=O)CS(C)(=O)=O. The highest BCUT2D eigenvalue weighted by molar-refractivity contribution is 7.91. The molecule has 0 aliphatic rings. The average molecular weight is 195 g/mol. The van der Waals surface area contributed by atoms with Gasteiger partial charge in [-0.05, 0) is 6.92 Å². The van der Waals surface area contributed by atoms with Crippen LogP contribution in [0.25, 0.3) is 0 Å². The van der Waals surface area contributed by atoms with Crippen molar-refractivity contribution in [3.8, 4) is 0 Å². The van der Waals surface area contributed by atoms with Crippen molar-refractivity contribution in [1.82, 2.24) is 5.32 Å². The van der Waals surface area contributed by atoms with E-state index in [-0.39, 0.29) is 6.54 Å². The van der Waals surface area contributed by atoms with Gasteiger partial charge in [0.05, 0.1) is 6.10 Å². The molecule has 0 aliphatic carbocycles. The molecule has 0 aromatic heterocycles. The Hall–Kier alpha value is -0.620. The molecule has 0 unspecified atom stereocenters. The molecule has 0 saturated heterocycles. The first kappa shape index (κ1) is 11.4. The molecule has 2 N–H and O–H groups in total. The lowest BCUT2D eigenvalue weighted by Gasteiger charge is -2.05. The minimum Gasteiger partial charge on any atom is -0.392 e. The van der Waals surface area contributed by atoms with Crippen LogP contribution in [0.4, 0.5) is 0 Å². The molecule has 12 heavy (non-hydrogen) atoms. The summed E-state index contributed by atoms with van der Waals surface area (Å²) in [6.07, 6.45) is 0.322. The van der Waals surface area contributed by atoms with Crippen molar-refractivity contribution in [1.29, 1.82) is 0 Å². The van der Waals surface area contributed by atoms with Crippen LogP contribution in [0.15, 0.2) is 0 Å². The van der Waals surface area contributed by atoms with Crippen LogP contribution in [-0.4, -0.2) is 44.1 Å². The second-order valence-electron chi connectivity index (χ2n) is 2.72. The molecule has 0 saturated carbocycles. The van der Waals surface area contributed by atoms with Crippen LogP contribution in [-0.2, 0) is 14.6 Å². The van der Waals surface area contributed by atoms with Crippen LogP contribution in [0.5, 0.6) is 0 Å². The van der Waals surface area contributed by atoms with Gasteiger partial charge in [0.1, 0.15) is 5.75 Å². The van der Waals surface area contributed by atoms with E-state index in [1.165, 1.54) is 6.92 Å². The summed E-state index contributed by atoms with van der Waals surface area (Å²) < 4.78 is 21.1. The zero-order chi connectivity index (χ0) is 9.78. The number of aliphatic hydroxyl groups excluding tert-OH is 1. The third-order valence-corrected chi connectivity index (χ3v) is 1.77. The van der Waals surface area contributed by atoms with E-state index in [2.05, 4.69) is 5.32 Å². The number of carbonyl (C=O) groups excluding carboxylic acids is 1. The monoisotopic (exact) mass is 195 g/mol. The van der Waals surface area contributed by atoms with Crippen molar-refractivity contribution in [2.75, 3.05) is 18.6 Å². The lowest BCUT2D eigenvalue weighted by Crippen LogP contribution is -2.34. The van der Waals surface area contributed by atoms with Crippen LogP contribution in [0.2, 0.25) is 0 Å². The van der Waals surface area contributed by atoms with Gasteiger partial charge in [-0.2, -0.15) is 0 Å². The zero-order valence-corrected chi connectivity index (χ0v) is 7.89. The third-order valence-electron chi connectivity index (χ3n) is 0.988. The van der Waals surface area contributed by atoms with Crippen molar-refractivity contribution in [2.24, 2.45) is 0 Å². The first-order valence-electron chi connectivity index (χ1n) is 3.44. The molecule has 72 valence electrons. The van der Waals surface area contributed by atoms with Crippen molar-refractivity contribution < 1.29 is 18.3 Å². The van der Waals surface area contributed by atoms with Crippen molar-refractivity contribution in [3.63, 3.8) is 0 Å². The van der Waals surface area contributed by atoms with Gasteiger partial charge in [0.2, 0.25) is 5.91 Å². The summed E-state index contributed by atoms with van der Waals surface area (Å²) >= 11 is 0. The number of aliphatic hydroxyl groups is 1. The molecule has 0 aromatic rings. The Labute approximate surface area is 71.7 Å². The minimum absolute atomic E-state index is 0.0777. The topological polar surface area (TPSA) is 83.5 Å². The van der Waals surface area contributed by atoms with Crippen molar-refractivity contribution in [3.05, 3.63) is 0 Å². The number of hydrogen-bond acceptors (Lipinski definition) is 4. The molecular weight excluding hydrogens is 182 g/mol. The predicted octanol–water partition coefficient (Wildman–Crippen LogP) is -1.47. The molecule has 0 spiro atoms. The maximum Gasteiger partial charge on any atom is 0.235 e. The van der Waals surface area contributed by atoms with Crippen molar-refractivity contribution in [2.45, 2.75) is 13.0 Å². The fourth-order valence-electron chi connectivity index (χ4n) is 0.551. The summed E-state index contributed by atoms with van der Waals surface area (Å²) in [6, 6.07) is 0. The van der Waals surface area contributed by atoms with E-state index in [1.54, 1.807) is 0 Å². The Balaban J connectivity index is 3.77. The average Bonchev–Trinajstić information content (AvgIpc) is 1.79. The highest BCUT2D eigenvalue weighted by Gasteiger charge is 2.10. The van der Waals surface area contributed by atoms with E-state index in [4.69, 9.17) is 5.11 Å².